The maximum atomic E-state index is 12.2. The number of aryl methyl sites for hydroxylation is 1. The Morgan fingerprint density at radius 3 is 2.68 bits per heavy atom. The number of nitrogen functional groups attached to an aromatic ring is 1. The highest BCUT2D eigenvalue weighted by molar-refractivity contribution is 6.32. The molecular weight excluding hydrogens is 340 g/mol. The molecule has 0 heterocycles. The molecule has 0 aliphatic rings. The van der Waals surface area contributed by atoms with Gasteiger partial charge in [-0.3, -0.25) is 4.79 Å². The Hall–Kier alpha value is -3.17. The van der Waals surface area contributed by atoms with E-state index in [4.69, 9.17) is 22.1 Å². The molecule has 7 heteroatoms. The van der Waals surface area contributed by atoms with Gasteiger partial charge in [0, 0.05) is 11.9 Å². The number of ether oxygens (including phenoxy) is 1. The number of carbonyl (C=O) groups excluding carboxylic acids is 1. The molecular formula is C18H17ClN4O2. The highest BCUT2D eigenvalue weighted by atomic mass is 35.5. The summed E-state index contributed by atoms with van der Waals surface area (Å²) in [5, 5.41) is 15.0. The Bertz CT molecular complexity index is 872. The Morgan fingerprint density at radius 2 is 2.08 bits per heavy atom. The van der Waals surface area contributed by atoms with Crippen molar-refractivity contribution in [2.75, 3.05) is 23.5 Å². The van der Waals surface area contributed by atoms with E-state index in [0.717, 1.165) is 5.56 Å². The van der Waals surface area contributed by atoms with Crippen LogP contribution in [0.15, 0.2) is 48.2 Å². The topological polar surface area (TPSA) is 100 Å². The Morgan fingerprint density at radius 1 is 1.32 bits per heavy atom. The number of benzene rings is 2. The van der Waals surface area contributed by atoms with E-state index in [1.54, 1.807) is 30.3 Å². The van der Waals surface area contributed by atoms with Crippen LogP contribution in [0.1, 0.15) is 5.56 Å². The lowest BCUT2D eigenvalue weighted by Crippen LogP contribution is -2.14. The van der Waals surface area contributed by atoms with Crippen LogP contribution in [0.5, 0.6) is 5.75 Å². The maximum absolute atomic E-state index is 12.2. The average Bonchev–Trinajstić information content (AvgIpc) is 2.57. The summed E-state index contributed by atoms with van der Waals surface area (Å²) in [5.74, 6) is -0.0749. The molecule has 0 aliphatic heterocycles. The van der Waals surface area contributed by atoms with Gasteiger partial charge in [-0.2, -0.15) is 5.26 Å². The lowest BCUT2D eigenvalue weighted by molar-refractivity contribution is -0.112. The minimum Gasteiger partial charge on any atom is -0.495 e. The van der Waals surface area contributed by atoms with Crippen LogP contribution >= 0.6 is 11.6 Å². The van der Waals surface area contributed by atoms with Gasteiger partial charge in [0.2, 0.25) is 0 Å². The minimum atomic E-state index is -0.568. The van der Waals surface area contributed by atoms with E-state index in [0.29, 0.717) is 27.8 Å². The van der Waals surface area contributed by atoms with Gasteiger partial charge < -0.3 is 21.1 Å². The lowest BCUT2D eigenvalue weighted by atomic mass is 10.2. The fourth-order valence-electron chi connectivity index (χ4n) is 2.05. The molecule has 25 heavy (non-hydrogen) atoms. The molecule has 0 bridgehead atoms. The quantitative estimate of drug-likeness (QED) is 0.431. The third-order valence-corrected chi connectivity index (χ3v) is 3.65. The fraction of sp³-hybridized carbons (Fsp3) is 0.111. The Kier molecular flexibility index (Phi) is 5.88. The minimum absolute atomic E-state index is 0.105. The molecule has 0 spiro atoms. The number of rotatable bonds is 5. The smallest absolute Gasteiger partial charge is 0.267 e. The average molecular weight is 357 g/mol. The molecule has 6 nitrogen and oxygen atoms in total. The van der Waals surface area contributed by atoms with Gasteiger partial charge in [0.15, 0.2) is 0 Å². The summed E-state index contributed by atoms with van der Waals surface area (Å²) < 4.78 is 5.05. The monoisotopic (exact) mass is 356 g/mol. The number of nitrogens with two attached hydrogens (primary N) is 1. The molecule has 0 atom stereocenters. The molecule has 0 fully saturated rings. The van der Waals surface area contributed by atoms with Gasteiger partial charge in [-0.25, -0.2) is 0 Å². The van der Waals surface area contributed by atoms with E-state index in [1.807, 2.05) is 19.1 Å². The van der Waals surface area contributed by atoms with E-state index >= 15 is 0 Å². The van der Waals surface area contributed by atoms with Crippen LogP contribution in [0.3, 0.4) is 0 Å². The van der Waals surface area contributed by atoms with Crippen LogP contribution in [0.4, 0.5) is 17.1 Å². The summed E-state index contributed by atoms with van der Waals surface area (Å²) in [6.07, 6.45) is 1.31. The van der Waals surface area contributed by atoms with Gasteiger partial charge in [0.1, 0.15) is 17.4 Å². The zero-order valence-corrected chi connectivity index (χ0v) is 14.5. The van der Waals surface area contributed by atoms with Gasteiger partial charge in [-0.1, -0.05) is 17.7 Å². The van der Waals surface area contributed by atoms with Crippen molar-refractivity contribution in [3.8, 4) is 11.8 Å². The standard InChI is InChI=1S/C18H17ClN4O2/c1-11-3-5-16(15(21)7-11)22-10-12(9-20)18(24)23-13-4-6-17(25-2)14(19)8-13/h3-8,10,22H,21H2,1-2H3,(H,23,24)/b12-10-. The molecule has 4 N–H and O–H groups in total. The number of carbonyl (C=O) groups is 1. The van der Waals surface area contributed by atoms with Crippen LogP contribution in [-0.2, 0) is 4.79 Å². The zero-order chi connectivity index (χ0) is 18.4. The van der Waals surface area contributed by atoms with Crippen LogP contribution in [0, 0.1) is 18.3 Å². The molecule has 0 unspecified atom stereocenters. The predicted molar refractivity (Wildman–Crippen MR) is 99.5 cm³/mol. The number of halogens is 1. The van der Waals surface area contributed by atoms with Crippen LogP contribution < -0.4 is 21.1 Å². The number of hydrogen-bond acceptors (Lipinski definition) is 5. The van der Waals surface area contributed by atoms with E-state index in [-0.39, 0.29) is 5.57 Å². The van der Waals surface area contributed by atoms with Gasteiger partial charge in [-0.05, 0) is 42.8 Å². The highest BCUT2D eigenvalue weighted by Gasteiger charge is 2.11. The summed E-state index contributed by atoms with van der Waals surface area (Å²) in [6.45, 7) is 1.92. The van der Waals surface area contributed by atoms with Crippen LogP contribution in [-0.4, -0.2) is 13.0 Å². The van der Waals surface area contributed by atoms with Crippen molar-refractivity contribution in [2.24, 2.45) is 0 Å². The second-order valence-corrected chi connectivity index (χ2v) is 5.62. The van der Waals surface area contributed by atoms with Crippen molar-refractivity contribution in [2.45, 2.75) is 6.92 Å². The maximum Gasteiger partial charge on any atom is 0.267 e. The molecule has 0 aliphatic carbocycles. The Labute approximate surface area is 150 Å². The first kappa shape index (κ1) is 18.2. The first-order chi connectivity index (χ1) is 11.9. The molecule has 0 saturated carbocycles. The SMILES string of the molecule is COc1ccc(NC(=O)/C(C#N)=C\Nc2ccc(C)cc2N)cc1Cl. The summed E-state index contributed by atoms with van der Waals surface area (Å²) in [6, 6.07) is 12.1. The third-order valence-electron chi connectivity index (χ3n) is 3.35. The summed E-state index contributed by atoms with van der Waals surface area (Å²) >= 11 is 6.02. The van der Waals surface area contributed by atoms with Gasteiger partial charge in [0.05, 0.1) is 23.5 Å². The summed E-state index contributed by atoms with van der Waals surface area (Å²) in [4.78, 5) is 12.2. The zero-order valence-electron chi connectivity index (χ0n) is 13.8. The molecule has 2 rings (SSSR count). The molecule has 0 radical (unpaired) electrons. The van der Waals surface area contributed by atoms with E-state index < -0.39 is 5.91 Å². The lowest BCUT2D eigenvalue weighted by Gasteiger charge is -2.09. The molecule has 2 aromatic carbocycles. The van der Waals surface area contributed by atoms with Crippen molar-refractivity contribution in [1.29, 1.82) is 5.26 Å². The number of nitrogens with one attached hydrogen (secondary N) is 2. The van der Waals surface area contributed by atoms with Crippen molar-refractivity contribution >= 4 is 34.6 Å². The summed E-state index contributed by atoms with van der Waals surface area (Å²) in [7, 11) is 1.50. The van der Waals surface area contributed by atoms with Gasteiger partial charge in [-0.15, -0.1) is 0 Å². The largest absolute Gasteiger partial charge is 0.495 e. The van der Waals surface area contributed by atoms with Crippen molar-refractivity contribution in [1.82, 2.24) is 0 Å². The molecule has 0 saturated heterocycles. The highest BCUT2D eigenvalue weighted by Crippen LogP contribution is 2.27. The third kappa shape index (κ3) is 4.66. The fourth-order valence-corrected chi connectivity index (χ4v) is 2.31. The van der Waals surface area contributed by atoms with Gasteiger partial charge >= 0.3 is 0 Å². The van der Waals surface area contributed by atoms with Crippen molar-refractivity contribution in [3.63, 3.8) is 0 Å². The second kappa shape index (κ2) is 8.08. The first-order valence-corrected chi connectivity index (χ1v) is 7.70. The number of nitrogens with zero attached hydrogens (tertiary/aromatic N) is 1. The van der Waals surface area contributed by atoms with E-state index in [9.17, 15) is 10.1 Å². The normalized spacial score (nSPS) is 10.7. The van der Waals surface area contributed by atoms with Crippen LogP contribution in [0.2, 0.25) is 5.02 Å². The molecule has 1 amide bonds. The first-order valence-electron chi connectivity index (χ1n) is 7.32. The number of hydrogen-bond donors (Lipinski definition) is 3. The van der Waals surface area contributed by atoms with Crippen LogP contribution in [0.25, 0.3) is 0 Å². The van der Waals surface area contributed by atoms with Gasteiger partial charge in [0.25, 0.3) is 5.91 Å². The number of nitriles is 1. The van der Waals surface area contributed by atoms with Crippen molar-refractivity contribution in [3.05, 3.63) is 58.8 Å². The molecule has 0 aromatic heterocycles. The Balaban J connectivity index is 2.12. The number of methoxy groups -OCH3 is 1. The second-order valence-electron chi connectivity index (χ2n) is 5.21. The summed E-state index contributed by atoms with van der Waals surface area (Å²) in [5.41, 5.74) is 8.39. The predicted octanol–water partition coefficient (Wildman–Crippen LogP) is 3.70. The molecule has 128 valence electrons. The van der Waals surface area contributed by atoms with E-state index in [1.165, 1.54) is 13.3 Å². The van der Waals surface area contributed by atoms with Crippen molar-refractivity contribution < 1.29 is 9.53 Å². The number of anilines is 3. The van der Waals surface area contributed by atoms with E-state index in [2.05, 4.69) is 10.6 Å². The number of amides is 1. The molecule has 2 aromatic rings.